The lowest BCUT2D eigenvalue weighted by Crippen LogP contribution is -2.28. The van der Waals surface area contributed by atoms with Gasteiger partial charge in [-0.05, 0) is 5.56 Å². The Hall–Kier alpha value is -2.24. The zero-order valence-electron chi connectivity index (χ0n) is 12.3. The third kappa shape index (κ3) is 3.00. The lowest BCUT2D eigenvalue weighted by atomic mass is 9.95. The van der Waals surface area contributed by atoms with Crippen LogP contribution in [0.15, 0.2) is 54.6 Å². The van der Waals surface area contributed by atoms with Gasteiger partial charge in [-0.15, -0.1) is 0 Å². The first-order valence-electron chi connectivity index (χ1n) is 7.40. The predicted octanol–water partition coefficient (Wildman–Crippen LogP) is 2.52. The Bertz CT molecular complexity index is 660. The second-order valence-corrected chi connectivity index (χ2v) is 5.76. The molecular weight excluding hydrogens is 278 g/mol. The van der Waals surface area contributed by atoms with Crippen LogP contribution in [0, 0.1) is 10.1 Å². The van der Waals surface area contributed by atoms with E-state index in [0.717, 1.165) is 18.7 Å². The van der Waals surface area contributed by atoms with Crippen molar-refractivity contribution in [2.75, 3.05) is 13.1 Å². The molecule has 5 heteroatoms. The molecule has 0 radical (unpaired) electrons. The third-order valence-electron chi connectivity index (χ3n) is 4.25. The number of nitro groups is 1. The van der Waals surface area contributed by atoms with Crippen LogP contribution in [0.1, 0.15) is 17.0 Å². The van der Waals surface area contributed by atoms with Gasteiger partial charge in [0.2, 0.25) is 0 Å². The molecule has 1 aliphatic rings. The van der Waals surface area contributed by atoms with Crippen molar-refractivity contribution in [3.8, 4) is 0 Å². The molecule has 0 spiro atoms. The van der Waals surface area contributed by atoms with Gasteiger partial charge in [0.05, 0.1) is 4.92 Å². The monoisotopic (exact) mass is 297 g/mol. The fraction of sp³-hybridized carbons (Fsp3) is 0.294. The van der Waals surface area contributed by atoms with Crippen LogP contribution in [0.5, 0.6) is 0 Å². The van der Waals surface area contributed by atoms with Crippen molar-refractivity contribution in [2.45, 2.75) is 18.5 Å². The molecule has 2 N–H and O–H groups in total. The number of benzene rings is 2. The highest BCUT2D eigenvalue weighted by molar-refractivity contribution is 5.39. The van der Waals surface area contributed by atoms with Gasteiger partial charge >= 0.3 is 0 Å². The summed E-state index contributed by atoms with van der Waals surface area (Å²) in [5.74, 6) is 0.281. The van der Waals surface area contributed by atoms with Crippen LogP contribution >= 0.6 is 0 Å². The molecule has 1 heterocycles. The van der Waals surface area contributed by atoms with Gasteiger partial charge in [0.1, 0.15) is 0 Å². The van der Waals surface area contributed by atoms with Crippen molar-refractivity contribution >= 4 is 5.69 Å². The first-order chi connectivity index (χ1) is 10.6. The van der Waals surface area contributed by atoms with Gasteiger partial charge in [0.25, 0.3) is 5.69 Å². The molecular formula is C17H19N3O2. The number of hydrogen-bond acceptors (Lipinski definition) is 4. The van der Waals surface area contributed by atoms with Crippen molar-refractivity contribution in [1.29, 1.82) is 0 Å². The maximum absolute atomic E-state index is 11.1. The van der Waals surface area contributed by atoms with Crippen molar-refractivity contribution < 1.29 is 4.92 Å². The van der Waals surface area contributed by atoms with E-state index in [9.17, 15) is 10.1 Å². The molecule has 0 saturated carbocycles. The minimum Gasteiger partial charge on any atom is -0.326 e. The molecule has 1 aliphatic heterocycles. The first-order valence-corrected chi connectivity index (χ1v) is 7.40. The molecule has 3 rings (SSSR count). The smallest absolute Gasteiger partial charge is 0.273 e. The first kappa shape index (κ1) is 14.7. The second kappa shape index (κ2) is 6.25. The summed E-state index contributed by atoms with van der Waals surface area (Å²) in [6.45, 7) is 2.15. The summed E-state index contributed by atoms with van der Waals surface area (Å²) in [4.78, 5) is 13.0. The predicted molar refractivity (Wildman–Crippen MR) is 85.5 cm³/mol. The zero-order valence-corrected chi connectivity index (χ0v) is 12.3. The topological polar surface area (TPSA) is 72.4 Å². The van der Waals surface area contributed by atoms with Crippen LogP contribution in [0.4, 0.5) is 5.69 Å². The molecule has 2 aromatic carbocycles. The minimum absolute atomic E-state index is 0.0603. The number of likely N-dealkylation sites (tertiary alicyclic amines) is 1. The van der Waals surface area contributed by atoms with E-state index in [1.165, 1.54) is 5.56 Å². The molecule has 0 amide bonds. The molecule has 0 unspecified atom stereocenters. The summed E-state index contributed by atoms with van der Waals surface area (Å²) in [7, 11) is 0. The highest BCUT2D eigenvalue weighted by Gasteiger charge is 2.31. The summed E-state index contributed by atoms with van der Waals surface area (Å²) < 4.78 is 0. The highest BCUT2D eigenvalue weighted by atomic mass is 16.6. The summed E-state index contributed by atoms with van der Waals surface area (Å²) in [5.41, 5.74) is 8.44. The Morgan fingerprint density at radius 2 is 1.77 bits per heavy atom. The molecule has 1 fully saturated rings. The van der Waals surface area contributed by atoms with E-state index in [-0.39, 0.29) is 22.6 Å². The van der Waals surface area contributed by atoms with Gasteiger partial charge in [-0.25, -0.2) is 0 Å². The van der Waals surface area contributed by atoms with E-state index < -0.39 is 0 Å². The Morgan fingerprint density at radius 1 is 1.09 bits per heavy atom. The third-order valence-corrected chi connectivity index (χ3v) is 4.25. The number of nitro benzene ring substituents is 1. The van der Waals surface area contributed by atoms with Crippen LogP contribution < -0.4 is 5.73 Å². The number of nitrogens with zero attached hydrogens (tertiary/aromatic N) is 2. The van der Waals surface area contributed by atoms with Gasteiger partial charge in [0, 0.05) is 43.2 Å². The number of rotatable bonds is 4. The van der Waals surface area contributed by atoms with Crippen molar-refractivity contribution in [3.05, 3.63) is 75.8 Å². The number of hydrogen-bond donors (Lipinski definition) is 1. The molecule has 2 aromatic rings. The molecule has 1 saturated heterocycles. The average molecular weight is 297 g/mol. The minimum atomic E-state index is -0.319. The van der Waals surface area contributed by atoms with E-state index in [1.54, 1.807) is 12.1 Å². The van der Waals surface area contributed by atoms with E-state index in [4.69, 9.17) is 5.73 Å². The van der Waals surface area contributed by atoms with Gasteiger partial charge in [-0.1, -0.05) is 48.5 Å². The van der Waals surface area contributed by atoms with Crippen molar-refractivity contribution in [1.82, 2.24) is 4.90 Å². The van der Waals surface area contributed by atoms with Crippen LogP contribution in [-0.4, -0.2) is 29.0 Å². The van der Waals surface area contributed by atoms with Crippen LogP contribution in [0.25, 0.3) is 0 Å². The Labute approximate surface area is 129 Å². The van der Waals surface area contributed by atoms with Gasteiger partial charge in [-0.2, -0.15) is 0 Å². The summed E-state index contributed by atoms with van der Waals surface area (Å²) in [5, 5.41) is 11.1. The summed E-state index contributed by atoms with van der Waals surface area (Å²) in [6, 6.07) is 17.2. The average Bonchev–Trinajstić information content (AvgIpc) is 2.89. The fourth-order valence-electron chi connectivity index (χ4n) is 3.16. The zero-order chi connectivity index (χ0) is 15.5. The van der Waals surface area contributed by atoms with Crippen LogP contribution in [0.3, 0.4) is 0 Å². The van der Waals surface area contributed by atoms with Gasteiger partial charge in [0.15, 0.2) is 0 Å². The SMILES string of the molecule is N[C@@H]1CN(Cc2ccccc2[N+](=O)[O-])C[C@H]1c1ccccc1. The van der Waals surface area contributed by atoms with Crippen LogP contribution in [-0.2, 0) is 6.54 Å². The molecule has 0 bridgehead atoms. The standard InChI is InChI=1S/C17H19N3O2/c18-16-12-19(11-15(16)13-6-2-1-3-7-13)10-14-8-4-5-9-17(14)20(21)22/h1-9,15-16H,10-12,18H2/t15-,16+/m0/s1. The van der Waals surface area contributed by atoms with Crippen molar-refractivity contribution in [3.63, 3.8) is 0 Å². The van der Waals surface area contributed by atoms with Gasteiger partial charge in [-0.3, -0.25) is 15.0 Å². The number of nitrogens with two attached hydrogens (primary N) is 1. The second-order valence-electron chi connectivity index (χ2n) is 5.76. The maximum atomic E-state index is 11.1. The molecule has 2 atom stereocenters. The summed E-state index contributed by atoms with van der Waals surface area (Å²) >= 11 is 0. The molecule has 0 aliphatic carbocycles. The van der Waals surface area contributed by atoms with E-state index >= 15 is 0 Å². The molecule has 5 nitrogen and oxygen atoms in total. The normalized spacial score (nSPS) is 21.9. The van der Waals surface area contributed by atoms with E-state index in [2.05, 4.69) is 17.0 Å². The fourth-order valence-corrected chi connectivity index (χ4v) is 3.16. The van der Waals surface area contributed by atoms with Crippen molar-refractivity contribution in [2.24, 2.45) is 5.73 Å². The largest absolute Gasteiger partial charge is 0.326 e. The van der Waals surface area contributed by atoms with Crippen LogP contribution in [0.2, 0.25) is 0 Å². The molecule has 0 aromatic heterocycles. The lowest BCUT2D eigenvalue weighted by molar-refractivity contribution is -0.385. The lowest BCUT2D eigenvalue weighted by Gasteiger charge is -2.16. The van der Waals surface area contributed by atoms with E-state index in [0.29, 0.717) is 6.54 Å². The number of para-hydroxylation sites is 1. The highest BCUT2D eigenvalue weighted by Crippen LogP contribution is 2.29. The molecule has 22 heavy (non-hydrogen) atoms. The Kier molecular flexibility index (Phi) is 4.18. The van der Waals surface area contributed by atoms with E-state index in [1.807, 2.05) is 30.3 Å². The van der Waals surface area contributed by atoms with Gasteiger partial charge < -0.3 is 5.73 Å². The Balaban J connectivity index is 1.75. The Morgan fingerprint density at radius 3 is 2.50 bits per heavy atom. The summed E-state index contributed by atoms with van der Waals surface area (Å²) in [6.07, 6.45) is 0. The quantitative estimate of drug-likeness (QED) is 0.695. The maximum Gasteiger partial charge on any atom is 0.273 e. The molecule has 114 valence electrons.